The molecule has 120 valence electrons. The fraction of sp³-hybridized carbons (Fsp3) is 0.235. The number of fused-ring (bicyclic) bond motifs is 1. The lowest BCUT2D eigenvalue weighted by Gasteiger charge is -2.29. The molecular formula is C17H18N2O3S. The Bertz CT molecular complexity index is 846. The molecular weight excluding hydrogens is 312 g/mol. The monoisotopic (exact) mass is 330 g/mol. The molecule has 23 heavy (non-hydrogen) atoms. The molecule has 6 heteroatoms. The second kappa shape index (κ2) is 6.14. The third kappa shape index (κ3) is 3.13. The summed E-state index contributed by atoms with van der Waals surface area (Å²) in [7, 11) is -2.20. The maximum atomic E-state index is 12.7. The maximum Gasteiger partial charge on any atom is 0.254 e. The molecule has 1 heterocycles. The number of hydrogen-bond acceptors (Lipinski definition) is 3. The molecule has 5 nitrogen and oxygen atoms in total. The van der Waals surface area contributed by atoms with Gasteiger partial charge in [-0.25, -0.2) is 13.1 Å². The molecule has 1 aliphatic heterocycles. The fourth-order valence-electron chi connectivity index (χ4n) is 2.77. The Hall–Kier alpha value is -2.18. The topological polar surface area (TPSA) is 66.5 Å². The number of benzene rings is 2. The van der Waals surface area contributed by atoms with Gasteiger partial charge in [0.1, 0.15) is 0 Å². The molecule has 0 aromatic heterocycles. The minimum atomic E-state index is -3.55. The van der Waals surface area contributed by atoms with E-state index in [1.165, 1.54) is 24.7 Å². The highest BCUT2D eigenvalue weighted by atomic mass is 32.2. The zero-order valence-corrected chi connectivity index (χ0v) is 13.6. The Morgan fingerprint density at radius 2 is 1.83 bits per heavy atom. The van der Waals surface area contributed by atoms with Crippen molar-refractivity contribution in [3.05, 3.63) is 65.2 Å². The molecule has 0 atom stereocenters. The zero-order valence-electron chi connectivity index (χ0n) is 12.8. The summed E-state index contributed by atoms with van der Waals surface area (Å²) < 4.78 is 26.0. The number of carbonyl (C=O) groups excluding carboxylic acids is 1. The quantitative estimate of drug-likeness (QED) is 0.933. The van der Waals surface area contributed by atoms with E-state index < -0.39 is 10.0 Å². The van der Waals surface area contributed by atoms with Crippen LogP contribution in [0, 0.1) is 0 Å². The first-order chi connectivity index (χ1) is 11.0. The van der Waals surface area contributed by atoms with Crippen LogP contribution in [0.2, 0.25) is 0 Å². The average molecular weight is 330 g/mol. The van der Waals surface area contributed by atoms with Gasteiger partial charge in [0.25, 0.3) is 5.91 Å². The first-order valence-electron chi connectivity index (χ1n) is 7.41. The van der Waals surface area contributed by atoms with Crippen molar-refractivity contribution in [2.45, 2.75) is 17.9 Å². The van der Waals surface area contributed by atoms with Gasteiger partial charge in [-0.15, -0.1) is 0 Å². The first kappa shape index (κ1) is 15.7. The van der Waals surface area contributed by atoms with Crippen molar-refractivity contribution in [2.75, 3.05) is 13.6 Å². The first-order valence-corrected chi connectivity index (χ1v) is 8.89. The predicted molar refractivity (Wildman–Crippen MR) is 87.6 cm³/mol. The Morgan fingerprint density at radius 1 is 1.09 bits per heavy atom. The third-order valence-electron chi connectivity index (χ3n) is 4.08. The van der Waals surface area contributed by atoms with Crippen molar-refractivity contribution < 1.29 is 13.2 Å². The van der Waals surface area contributed by atoms with Gasteiger partial charge in [-0.05, 0) is 42.8 Å². The number of hydrogen-bond donors (Lipinski definition) is 1. The highest BCUT2D eigenvalue weighted by molar-refractivity contribution is 7.89. The van der Waals surface area contributed by atoms with Crippen LogP contribution in [0.1, 0.15) is 21.5 Å². The summed E-state index contributed by atoms with van der Waals surface area (Å²) in [6.07, 6.45) is 0.816. The summed E-state index contributed by atoms with van der Waals surface area (Å²) >= 11 is 0. The molecule has 2 aromatic carbocycles. The van der Waals surface area contributed by atoms with Gasteiger partial charge >= 0.3 is 0 Å². The van der Waals surface area contributed by atoms with E-state index in [0.717, 1.165) is 12.0 Å². The van der Waals surface area contributed by atoms with Gasteiger partial charge in [0.2, 0.25) is 10.0 Å². The van der Waals surface area contributed by atoms with Crippen molar-refractivity contribution in [2.24, 2.45) is 0 Å². The van der Waals surface area contributed by atoms with Crippen LogP contribution in [0.25, 0.3) is 0 Å². The Morgan fingerprint density at radius 3 is 2.57 bits per heavy atom. The van der Waals surface area contributed by atoms with Gasteiger partial charge in [0.05, 0.1) is 4.90 Å². The van der Waals surface area contributed by atoms with Crippen LogP contribution in [-0.2, 0) is 23.0 Å². The normalized spacial score (nSPS) is 14.4. The predicted octanol–water partition coefficient (Wildman–Crippen LogP) is 1.79. The maximum absolute atomic E-state index is 12.7. The van der Waals surface area contributed by atoms with E-state index in [1.54, 1.807) is 17.0 Å². The van der Waals surface area contributed by atoms with E-state index >= 15 is 0 Å². The van der Waals surface area contributed by atoms with Crippen LogP contribution >= 0.6 is 0 Å². The number of nitrogens with one attached hydrogen (secondary N) is 1. The van der Waals surface area contributed by atoms with Crippen LogP contribution < -0.4 is 4.72 Å². The minimum absolute atomic E-state index is 0.100. The summed E-state index contributed by atoms with van der Waals surface area (Å²) in [4.78, 5) is 14.5. The fourth-order valence-corrected chi connectivity index (χ4v) is 3.54. The van der Waals surface area contributed by atoms with Gasteiger partial charge in [0.15, 0.2) is 0 Å². The van der Waals surface area contributed by atoms with Gasteiger partial charge in [-0.2, -0.15) is 0 Å². The molecule has 0 fully saturated rings. The molecule has 0 saturated heterocycles. The summed E-state index contributed by atoms with van der Waals surface area (Å²) in [5.41, 5.74) is 2.80. The van der Waals surface area contributed by atoms with Crippen LogP contribution in [0.4, 0.5) is 0 Å². The highest BCUT2D eigenvalue weighted by Crippen LogP contribution is 2.21. The Kier molecular flexibility index (Phi) is 4.19. The second-order valence-electron chi connectivity index (χ2n) is 5.48. The number of rotatable bonds is 3. The summed E-state index contributed by atoms with van der Waals surface area (Å²) in [5, 5.41) is 0. The van der Waals surface area contributed by atoms with Crippen LogP contribution in [0.5, 0.6) is 0 Å². The lowest BCUT2D eigenvalue weighted by atomic mass is 9.99. The minimum Gasteiger partial charge on any atom is -0.334 e. The number of amides is 1. The second-order valence-corrected chi connectivity index (χ2v) is 7.37. The average Bonchev–Trinajstić information content (AvgIpc) is 2.60. The zero-order chi connectivity index (χ0) is 16.4. The lowest BCUT2D eigenvalue weighted by Crippen LogP contribution is -2.36. The molecule has 3 rings (SSSR count). The van der Waals surface area contributed by atoms with Crippen molar-refractivity contribution >= 4 is 15.9 Å². The van der Waals surface area contributed by atoms with Crippen molar-refractivity contribution in [1.82, 2.24) is 9.62 Å². The standard InChI is InChI=1S/C17H18N2O3S/c1-18-23(21,22)16-8-4-7-14(11-16)17(20)19-10-9-13-5-2-3-6-15(13)12-19/h2-8,11,18H,9-10,12H2,1H3. The number of sulfonamides is 1. The van der Waals surface area contributed by atoms with Crippen LogP contribution in [0.15, 0.2) is 53.4 Å². The number of nitrogens with zero attached hydrogens (tertiary/aromatic N) is 1. The van der Waals surface area contributed by atoms with E-state index in [4.69, 9.17) is 0 Å². The summed E-state index contributed by atoms with van der Waals surface area (Å²) in [5.74, 6) is -0.146. The molecule has 1 amide bonds. The Balaban J connectivity index is 1.86. The van der Waals surface area contributed by atoms with E-state index in [9.17, 15) is 13.2 Å². The van der Waals surface area contributed by atoms with Crippen LogP contribution in [0.3, 0.4) is 0 Å². The molecule has 0 bridgehead atoms. The van der Waals surface area contributed by atoms with E-state index in [2.05, 4.69) is 10.8 Å². The van der Waals surface area contributed by atoms with E-state index in [0.29, 0.717) is 18.7 Å². The van der Waals surface area contributed by atoms with Crippen LogP contribution in [-0.4, -0.2) is 32.8 Å². The summed E-state index contributed by atoms with van der Waals surface area (Å²) in [6.45, 7) is 1.19. The third-order valence-corrected chi connectivity index (χ3v) is 5.49. The Labute approximate surface area is 136 Å². The molecule has 1 N–H and O–H groups in total. The van der Waals surface area contributed by atoms with Gasteiger partial charge in [-0.1, -0.05) is 30.3 Å². The van der Waals surface area contributed by atoms with Gasteiger partial charge in [-0.3, -0.25) is 4.79 Å². The van der Waals surface area contributed by atoms with E-state index in [-0.39, 0.29) is 10.8 Å². The highest BCUT2D eigenvalue weighted by Gasteiger charge is 2.22. The molecule has 0 spiro atoms. The number of carbonyl (C=O) groups is 1. The van der Waals surface area contributed by atoms with Gasteiger partial charge in [0, 0.05) is 18.7 Å². The molecule has 2 aromatic rings. The summed E-state index contributed by atoms with van der Waals surface area (Å²) in [6, 6.07) is 14.2. The largest absolute Gasteiger partial charge is 0.334 e. The van der Waals surface area contributed by atoms with E-state index in [1.807, 2.05) is 18.2 Å². The van der Waals surface area contributed by atoms with Crippen molar-refractivity contribution in [3.8, 4) is 0 Å². The lowest BCUT2D eigenvalue weighted by molar-refractivity contribution is 0.0734. The van der Waals surface area contributed by atoms with Gasteiger partial charge < -0.3 is 4.90 Å². The smallest absolute Gasteiger partial charge is 0.254 e. The van der Waals surface area contributed by atoms with Crippen molar-refractivity contribution in [1.29, 1.82) is 0 Å². The molecule has 1 aliphatic rings. The molecule has 0 saturated carbocycles. The molecule has 0 aliphatic carbocycles. The SMILES string of the molecule is CNS(=O)(=O)c1cccc(C(=O)N2CCc3ccccc3C2)c1. The molecule has 0 radical (unpaired) electrons. The molecule has 0 unspecified atom stereocenters. The van der Waals surface area contributed by atoms with Crippen molar-refractivity contribution in [3.63, 3.8) is 0 Å².